The minimum Gasteiger partial charge on any atom is -0.481 e. The summed E-state index contributed by atoms with van der Waals surface area (Å²) in [6, 6.07) is 0. The second kappa shape index (κ2) is 38.6. The highest BCUT2D eigenvalue weighted by Crippen LogP contribution is 2.22. The fourth-order valence-electron chi connectivity index (χ4n) is 5.16. The summed E-state index contributed by atoms with van der Waals surface area (Å²) in [6.07, 6.45) is 18.5. The number of carbonyl (C=O) groups is 5. The number of nitrogens with zero attached hydrogens (tertiary/aromatic N) is 1. The lowest BCUT2D eigenvalue weighted by molar-refractivity contribution is -0.137. The maximum atomic E-state index is 13.0. The van der Waals surface area contributed by atoms with Crippen LogP contribution in [-0.4, -0.2) is 111 Å². The van der Waals surface area contributed by atoms with Crippen LogP contribution in [-0.2, 0) is 42.9 Å². The maximum absolute atomic E-state index is 13.0. The van der Waals surface area contributed by atoms with Crippen LogP contribution in [0.1, 0.15) is 128 Å². The lowest BCUT2D eigenvalue weighted by atomic mass is 10.0. The van der Waals surface area contributed by atoms with E-state index < -0.39 is 5.97 Å². The Morgan fingerprint density at radius 3 is 1.41 bits per heavy atom. The summed E-state index contributed by atoms with van der Waals surface area (Å²) in [6.45, 7) is 4.22. The zero-order valence-electron chi connectivity index (χ0n) is 31.1. The molecule has 0 fully saturated rings. The molecule has 0 aliphatic carbocycles. The van der Waals surface area contributed by atoms with Crippen LogP contribution in [0.25, 0.3) is 0 Å². The number of carboxylic acids is 1. The average Bonchev–Trinajstić information content (AvgIpc) is 3.10. The molecule has 51 heavy (non-hydrogen) atoms. The van der Waals surface area contributed by atoms with Gasteiger partial charge in [-0.3, -0.25) is 24.0 Å². The molecule has 0 radical (unpaired) electrons. The van der Waals surface area contributed by atoms with E-state index in [2.05, 4.69) is 23.5 Å². The second-order valence-electron chi connectivity index (χ2n) is 12.7. The molecule has 15 heteroatoms. The van der Waals surface area contributed by atoms with Gasteiger partial charge in [-0.1, -0.05) is 86.3 Å². The van der Waals surface area contributed by atoms with Gasteiger partial charge in [0.05, 0.1) is 52.9 Å². The molecule has 298 valence electrons. The molecule has 0 bridgehead atoms. The molecule has 12 nitrogen and oxygen atoms in total. The minimum atomic E-state index is -0.695. The summed E-state index contributed by atoms with van der Waals surface area (Å²) in [5.74, 6) is -0.683. The van der Waals surface area contributed by atoms with E-state index in [4.69, 9.17) is 24.1 Å². The van der Waals surface area contributed by atoms with Gasteiger partial charge in [0, 0.05) is 51.7 Å². The van der Waals surface area contributed by atoms with Crippen molar-refractivity contribution in [1.29, 1.82) is 0 Å². The fourth-order valence-corrected chi connectivity index (χ4v) is 5.96. The van der Waals surface area contributed by atoms with Crippen LogP contribution < -0.4 is 5.32 Å². The molecule has 0 aromatic rings. The standard InChI is InChI=1S/C36H69N2O10P3/c39-32(16-13-11-9-7-5-3-1-2-4-6-8-10-12-14-18-34(41)42)37-21-15-17-33(40)38(22-26-47-30-28-45-24-19-35(43)49)23-27-48-31-29-46-25-20-36(44)51-50/h51H,1-31,49-50H2,(H,37,39)(H,41,42). The fraction of sp³-hybridized carbons (Fsp3) is 0.861. The van der Waals surface area contributed by atoms with Crippen molar-refractivity contribution in [2.75, 3.05) is 72.5 Å². The minimum absolute atomic E-state index is 0.000942. The van der Waals surface area contributed by atoms with Crippen molar-refractivity contribution >= 4 is 55.3 Å². The van der Waals surface area contributed by atoms with Gasteiger partial charge >= 0.3 is 5.97 Å². The van der Waals surface area contributed by atoms with Gasteiger partial charge in [0.15, 0.2) is 11.0 Å². The molecular weight excluding hydrogens is 713 g/mol. The number of amides is 2. The summed E-state index contributed by atoms with van der Waals surface area (Å²) in [5.41, 5.74) is 0.163. The van der Waals surface area contributed by atoms with Crippen molar-refractivity contribution in [1.82, 2.24) is 10.2 Å². The average molecular weight is 783 g/mol. The highest BCUT2D eigenvalue weighted by molar-refractivity contribution is 8.11. The molecule has 0 spiro atoms. The molecule has 0 heterocycles. The second-order valence-corrected chi connectivity index (χ2v) is 15.0. The molecular formula is C36H69N2O10P3. The zero-order valence-corrected chi connectivity index (χ0v) is 34.5. The van der Waals surface area contributed by atoms with Crippen LogP contribution in [0.4, 0.5) is 0 Å². The predicted molar refractivity (Wildman–Crippen MR) is 211 cm³/mol. The topological polar surface area (TPSA) is 158 Å². The Bertz CT molecular complexity index is 901. The van der Waals surface area contributed by atoms with Gasteiger partial charge in [0.2, 0.25) is 11.8 Å². The van der Waals surface area contributed by atoms with Crippen molar-refractivity contribution in [3.8, 4) is 0 Å². The molecule has 0 saturated carbocycles. The van der Waals surface area contributed by atoms with Crippen molar-refractivity contribution in [2.24, 2.45) is 0 Å². The maximum Gasteiger partial charge on any atom is 0.303 e. The van der Waals surface area contributed by atoms with E-state index in [0.29, 0.717) is 111 Å². The third-order valence-electron chi connectivity index (χ3n) is 8.17. The number of carbonyl (C=O) groups excluding carboxylic acids is 4. The summed E-state index contributed by atoms with van der Waals surface area (Å²) < 4.78 is 22.1. The van der Waals surface area contributed by atoms with E-state index >= 15 is 0 Å². The predicted octanol–water partition coefficient (Wildman–Crippen LogP) is 6.28. The Labute approximate surface area is 313 Å². The molecule has 2 amide bonds. The van der Waals surface area contributed by atoms with Crippen molar-refractivity contribution in [2.45, 2.75) is 128 Å². The lowest BCUT2D eigenvalue weighted by Crippen LogP contribution is -2.37. The van der Waals surface area contributed by atoms with Crippen LogP contribution >= 0.6 is 26.4 Å². The first-order valence-corrected chi connectivity index (χ1v) is 22.5. The number of nitrogens with one attached hydrogen (secondary N) is 1. The molecule has 0 aromatic heterocycles. The van der Waals surface area contributed by atoms with Gasteiger partial charge < -0.3 is 34.3 Å². The number of rotatable bonds is 40. The Morgan fingerprint density at radius 2 is 0.961 bits per heavy atom. The number of carboxylic acid groups (broad SMARTS) is 1. The SMILES string of the molecule is O=C(O)CCCCCCCCCCCCCCCCC(=O)NCCCC(=O)N(CCOCCOCCC(=O)P)CCOCCOCCC(=O)PP. The van der Waals surface area contributed by atoms with Crippen LogP contribution in [0.15, 0.2) is 0 Å². The van der Waals surface area contributed by atoms with E-state index in [-0.39, 0.29) is 31.1 Å². The molecule has 3 atom stereocenters. The monoisotopic (exact) mass is 782 g/mol. The van der Waals surface area contributed by atoms with Gasteiger partial charge in [-0.25, -0.2) is 0 Å². The first-order valence-electron chi connectivity index (χ1n) is 19.1. The lowest BCUT2D eigenvalue weighted by Gasteiger charge is -2.23. The first kappa shape index (κ1) is 49.9. The van der Waals surface area contributed by atoms with Crippen molar-refractivity contribution < 1.29 is 48.0 Å². The van der Waals surface area contributed by atoms with E-state index in [1.165, 1.54) is 51.4 Å². The summed E-state index contributed by atoms with van der Waals surface area (Å²) in [7, 11) is 4.76. The Hall–Kier alpha value is -1.12. The van der Waals surface area contributed by atoms with Crippen LogP contribution in [0.3, 0.4) is 0 Å². The van der Waals surface area contributed by atoms with Gasteiger partial charge in [-0.2, -0.15) is 0 Å². The summed E-state index contributed by atoms with van der Waals surface area (Å²) in [5, 5.41) is 11.6. The van der Waals surface area contributed by atoms with Gasteiger partial charge in [-0.15, -0.1) is 8.93 Å². The number of aliphatic carboxylic acids is 1. The van der Waals surface area contributed by atoms with Gasteiger partial charge in [-0.05, 0) is 27.5 Å². The van der Waals surface area contributed by atoms with E-state index in [1.807, 2.05) is 0 Å². The largest absolute Gasteiger partial charge is 0.481 e. The Morgan fingerprint density at radius 1 is 0.529 bits per heavy atom. The third kappa shape index (κ3) is 38.4. The highest BCUT2D eigenvalue weighted by Gasteiger charge is 2.14. The highest BCUT2D eigenvalue weighted by atomic mass is 32.0. The summed E-state index contributed by atoms with van der Waals surface area (Å²) >= 11 is 0. The van der Waals surface area contributed by atoms with E-state index in [0.717, 1.165) is 38.5 Å². The van der Waals surface area contributed by atoms with Crippen molar-refractivity contribution in [3.05, 3.63) is 0 Å². The smallest absolute Gasteiger partial charge is 0.303 e. The number of ether oxygens (including phenoxy) is 4. The molecule has 0 rings (SSSR count). The molecule has 0 aromatic carbocycles. The Kier molecular flexibility index (Phi) is 37.8. The van der Waals surface area contributed by atoms with Gasteiger partial charge in [0.25, 0.3) is 0 Å². The number of hydrogen-bond donors (Lipinski definition) is 2. The quantitative estimate of drug-likeness (QED) is 0.0536. The van der Waals surface area contributed by atoms with Crippen molar-refractivity contribution in [3.63, 3.8) is 0 Å². The molecule has 2 N–H and O–H groups in total. The van der Waals surface area contributed by atoms with Crippen LogP contribution in [0, 0.1) is 0 Å². The normalized spacial score (nSPS) is 11.3. The Balaban J connectivity index is 4.00. The third-order valence-corrected chi connectivity index (χ3v) is 10.00. The van der Waals surface area contributed by atoms with E-state index in [1.54, 1.807) is 4.90 Å². The number of hydrogen-bond acceptors (Lipinski definition) is 9. The van der Waals surface area contributed by atoms with Crippen LogP contribution in [0.5, 0.6) is 0 Å². The summed E-state index contributed by atoms with van der Waals surface area (Å²) in [4.78, 5) is 59.8. The van der Waals surface area contributed by atoms with Crippen LogP contribution in [0.2, 0.25) is 0 Å². The molecule has 0 saturated heterocycles. The number of unbranched alkanes of at least 4 members (excludes halogenated alkanes) is 13. The zero-order chi connectivity index (χ0) is 37.6. The van der Waals surface area contributed by atoms with Gasteiger partial charge in [0.1, 0.15) is 0 Å². The molecule has 0 aliphatic heterocycles. The molecule has 0 aliphatic rings. The van der Waals surface area contributed by atoms with E-state index in [9.17, 15) is 24.0 Å². The first-order chi connectivity index (χ1) is 24.8. The molecule has 3 unspecified atom stereocenters.